The second-order valence-corrected chi connectivity index (χ2v) is 7.44. The van der Waals surface area contributed by atoms with Gasteiger partial charge in [-0.25, -0.2) is 4.39 Å². The first-order valence-electron chi connectivity index (χ1n) is 8.81. The van der Waals surface area contributed by atoms with Gasteiger partial charge in [0.15, 0.2) is 0 Å². The van der Waals surface area contributed by atoms with Gasteiger partial charge in [0.25, 0.3) is 5.91 Å². The fourth-order valence-electron chi connectivity index (χ4n) is 2.56. The molecule has 1 amide bonds. The number of rotatable bonds is 6. The predicted molar refractivity (Wildman–Crippen MR) is 119 cm³/mol. The SMILES string of the molecule is N#C/C(=C\c1ccc(OCc2ccccc2F)c(Br)c1)C(=O)Nc1ccccc1Cl. The quantitative estimate of drug-likeness (QED) is 0.326. The Morgan fingerprint density at radius 2 is 1.90 bits per heavy atom. The molecule has 0 radical (unpaired) electrons. The van der Waals surface area contributed by atoms with Crippen molar-refractivity contribution in [3.05, 3.63) is 98.7 Å². The number of nitriles is 1. The molecule has 3 rings (SSSR count). The van der Waals surface area contributed by atoms with Gasteiger partial charge in [-0.3, -0.25) is 4.79 Å². The zero-order chi connectivity index (χ0) is 21.5. The van der Waals surface area contributed by atoms with Crippen LogP contribution in [0, 0.1) is 17.1 Å². The average Bonchev–Trinajstić information content (AvgIpc) is 2.74. The Morgan fingerprint density at radius 3 is 2.60 bits per heavy atom. The second-order valence-electron chi connectivity index (χ2n) is 6.17. The molecule has 0 aliphatic heterocycles. The van der Waals surface area contributed by atoms with Crippen LogP contribution in [-0.2, 0) is 11.4 Å². The molecule has 7 heteroatoms. The fourth-order valence-corrected chi connectivity index (χ4v) is 3.26. The predicted octanol–water partition coefficient (Wildman–Crippen LogP) is 6.37. The lowest BCUT2D eigenvalue weighted by Gasteiger charge is -2.10. The number of anilines is 1. The van der Waals surface area contributed by atoms with Crippen LogP contribution >= 0.6 is 27.5 Å². The summed E-state index contributed by atoms with van der Waals surface area (Å²) in [6.45, 7) is 0.0736. The van der Waals surface area contributed by atoms with Gasteiger partial charge in [0, 0.05) is 5.56 Å². The van der Waals surface area contributed by atoms with Crippen LogP contribution in [-0.4, -0.2) is 5.91 Å². The van der Waals surface area contributed by atoms with Gasteiger partial charge < -0.3 is 10.1 Å². The molecule has 0 saturated heterocycles. The zero-order valence-corrected chi connectivity index (χ0v) is 17.9. The smallest absolute Gasteiger partial charge is 0.266 e. The van der Waals surface area contributed by atoms with Gasteiger partial charge in [0.2, 0.25) is 0 Å². The number of nitrogens with one attached hydrogen (secondary N) is 1. The summed E-state index contributed by atoms with van der Waals surface area (Å²) in [5.41, 5.74) is 1.40. The third-order valence-corrected chi connectivity index (χ3v) is 5.04. The minimum atomic E-state index is -0.568. The molecule has 0 atom stereocenters. The minimum absolute atomic E-state index is 0.0736. The van der Waals surface area contributed by atoms with Crippen molar-refractivity contribution >= 4 is 45.2 Å². The normalized spacial score (nSPS) is 10.9. The molecule has 0 aliphatic carbocycles. The Morgan fingerprint density at radius 1 is 1.17 bits per heavy atom. The lowest BCUT2D eigenvalue weighted by atomic mass is 10.1. The molecule has 0 saturated carbocycles. The summed E-state index contributed by atoms with van der Waals surface area (Å²) in [6, 6.07) is 20.1. The second kappa shape index (κ2) is 10.1. The number of hydrogen-bond donors (Lipinski definition) is 1. The van der Waals surface area contributed by atoms with E-state index in [0.29, 0.717) is 32.1 Å². The molecule has 4 nitrogen and oxygen atoms in total. The van der Waals surface area contributed by atoms with Crippen LogP contribution in [0.25, 0.3) is 6.08 Å². The van der Waals surface area contributed by atoms with E-state index in [1.807, 2.05) is 6.07 Å². The number of carbonyl (C=O) groups is 1. The number of hydrogen-bond acceptors (Lipinski definition) is 3. The van der Waals surface area contributed by atoms with Crippen LogP contribution in [0.5, 0.6) is 5.75 Å². The number of halogens is 3. The molecule has 150 valence electrons. The summed E-state index contributed by atoms with van der Waals surface area (Å²) >= 11 is 9.44. The fraction of sp³-hybridized carbons (Fsp3) is 0.0435. The largest absolute Gasteiger partial charge is 0.488 e. The van der Waals surface area contributed by atoms with Crippen LogP contribution in [0.1, 0.15) is 11.1 Å². The highest BCUT2D eigenvalue weighted by atomic mass is 79.9. The van der Waals surface area contributed by atoms with E-state index in [1.165, 1.54) is 12.1 Å². The molecule has 0 spiro atoms. The lowest BCUT2D eigenvalue weighted by molar-refractivity contribution is -0.112. The highest BCUT2D eigenvalue weighted by molar-refractivity contribution is 9.10. The Kier molecular flexibility index (Phi) is 7.23. The molecule has 0 bridgehead atoms. The van der Waals surface area contributed by atoms with Crippen LogP contribution in [0.2, 0.25) is 5.02 Å². The molecule has 30 heavy (non-hydrogen) atoms. The van der Waals surface area contributed by atoms with E-state index in [1.54, 1.807) is 60.7 Å². The van der Waals surface area contributed by atoms with Gasteiger partial charge in [-0.1, -0.05) is 48.0 Å². The van der Waals surface area contributed by atoms with Crippen molar-refractivity contribution in [1.29, 1.82) is 5.26 Å². The molecule has 0 heterocycles. The summed E-state index contributed by atoms with van der Waals surface area (Å²) < 4.78 is 20.0. The van der Waals surface area contributed by atoms with Crippen LogP contribution in [0.3, 0.4) is 0 Å². The van der Waals surface area contributed by atoms with Gasteiger partial charge in [0.1, 0.15) is 29.8 Å². The van der Waals surface area contributed by atoms with Crippen molar-refractivity contribution in [2.45, 2.75) is 6.61 Å². The average molecular weight is 486 g/mol. The van der Waals surface area contributed by atoms with Gasteiger partial charge >= 0.3 is 0 Å². The maximum absolute atomic E-state index is 13.7. The Hall–Kier alpha value is -3.14. The number of para-hydroxylation sites is 1. The van der Waals surface area contributed by atoms with E-state index in [9.17, 15) is 14.4 Å². The number of benzene rings is 3. The summed E-state index contributed by atoms with van der Waals surface area (Å²) in [4.78, 5) is 12.4. The minimum Gasteiger partial charge on any atom is -0.488 e. The molecule has 3 aromatic carbocycles. The topological polar surface area (TPSA) is 62.1 Å². The molecule has 0 aliphatic rings. The van der Waals surface area contributed by atoms with E-state index < -0.39 is 5.91 Å². The van der Waals surface area contributed by atoms with E-state index >= 15 is 0 Å². The standard InChI is InChI=1S/C23H15BrClFN2O2/c24-18-12-15(9-10-22(18)30-14-16-5-1-3-7-20(16)26)11-17(13-27)23(29)28-21-8-4-2-6-19(21)25/h1-12H,14H2,(H,28,29)/b17-11+. The lowest BCUT2D eigenvalue weighted by Crippen LogP contribution is -2.13. The first-order chi connectivity index (χ1) is 14.5. The number of ether oxygens (including phenoxy) is 1. The molecular formula is C23H15BrClFN2O2. The van der Waals surface area contributed by atoms with Gasteiger partial charge in [-0.15, -0.1) is 0 Å². The third kappa shape index (κ3) is 5.47. The summed E-state index contributed by atoms with van der Waals surface area (Å²) in [7, 11) is 0. The molecular weight excluding hydrogens is 471 g/mol. The molecule has 3 aromatic rings. The van der Waals surface area contributed by atoms with E-state index in [-0.39, 0.29) is 18.0 Å². The van der Waals surface area contributed by atoms with Gasteiger partial charge in [-0.2, -0.15) is 5.26 Å². The van der Waals surface area contributed by atoms with E-state index in [0.717, 1.165) is 0 Å². The number of carbonyl (C=O) groups excluding carboxylic acids is 1. The van der Waals surface area contributed by atoms with Crippen molar-refractivity contribution in [3.8, 4) is 11.8 Å². The van der Waals surface area contributed by atoms with Crippen molar-refractivity contribution in [3.63, 3.8) is 0 Å². The molecule has 0 aromatic heterocycles. The van der Waals surface area contributed by atoms with E-state index in [4.69, 9.17) is 16.3 Å². The van der Waals surface area contributed by atoms with Crippen molar-refractivity contribution < 1.29 is 13.9 Å². The Labute approximate surface area is 186 Å². The summed E-state index contributed by atoms with van der Waals surface area (Å²) in [5.74, 6) is -0.396. The third-order valence-electron chi connectivity index (χ3n) is 4.10. The summed E-state index contributed by atoms with van der Waals surface area (Å²) in [6.07, 6.45) is 1.46. The molecule has 1 N–H and O–H groups in total. The maximum atomic E-state index is 13.7. The highest BCUT2D eigenvalue weighted by Crippen LogP contribution is 2.28. The van der Waals surface area contributed by atoms with Crippen molar-refractivity contribution in [2.24, 2.45) is 0 Å². The zero-order valence-electron chi connectivity index (χ0n) is 15.5. The number of amides is 1. The highest BCUT2D eigenvalue weighted by Gasteiger charge is 2.12. The van der Waals surface area contributed by atoms with Crippen LogP contribution in [0.15, 0.2) is 76.8 Å². The Balaban J connectivity index is 1.73. The van der Waals surface area contributed by atoms with Crippen molar-refractivity contribution in [1.82, 2.24) is 0 Å². The van der Waals surface area contributed by atoms with Gasteiger partial charge in [0.05, 0.1) is 15.2 Å². The maximum Gasteiger partial charge on any atom is 0.266 e. The first-order valence-corrected chi connectivity index (χ1v) is 9.98. The van der Waals surface area contributed by atoms with Crippen molar-refractivity contribution in [2.75, 3.05) is 5.32 Å². The number of nitrogens with zero attached hydrogens (tertiary/aromatic N) is 1. The summed E-state index contributed by atoms with van der Waals surface area (Å²) in [5, 5.41) is 12.4. The van der Waals surface area contributed by atoms with Crippen LogP contribution in [0.4, 0.5) is 10.1 Å². The van der Waals surface area contributed by atoms with E-state index in [2.05, 4.69) is 21.2 Å². The molecule has 0 fully saturated rings. The Bertz CT molecular complexity index is 1160. The molecule has 0 unspecified atom stereocenters. The van der Waals surface area contributed by atoms with Crippen LogP contribution < -0.4 is 10.1 Å². The monoisotopic (exact) mass is 484 g/mol. The first kappa shape index (κ1) is 21.6. The van der Waals surface area contributed by atoms with Gasteiger partial charge in [-0.05, 0) is 57.9 Å².